The summed E-state index contributed by atoms with van der Waals surface area (Å²) in [6, 6.07) is -0.00260. The highest BCUT2D eigenvalue weighted by atomic mass is 16.5. The van der Waals surface area contributed by atoms with Crippen molar-refractivity contribution in [2.75, 3.05) is 19.8 Å². The van der Waals surface area contributed by atoms with Crippen molar-refractivity contribution in [2.24, 2.45) is 11.7 Å². The van der Waals surface area contributed by atoms with Gasteiger partial charge in [0.2, 0.25) is 5.91 Å². The van der Waals surface area contributed by atoms with E-state index in [9.17, 15) is 4.79 Å². The minimum absolute atomic E-state index is 0.00260. The van der Waals surface area contributed by atoms with Gasteiger partial charge >= 0.3 is 0 Å². The van der Waals surface area contributed by atoms with Crippen LogP contribution in [0.3, 0.4) is 0 Å². The van der Waals surface area contributed by atoms with Crippen molar-refractivity contribution < 1.29 is 9.53 Å². The first-order chi connectivity index (χ1) is 8.06. The van der Waals surface area contributed by atoms with Gasteiger partial charge in [-0.05, 0) is 18.8 Å². The Morgan fingerprint density at radius 1 is 1.41 bits per heavy atom. The van der Waals surface area contributed by atoms with E-state index in [0.29, 0.717) is 25.5 Å². The molecule has 17 heavy (non-hydrogen) atoms. The summed E-state index contributed by atoms with van der Waals surface area (Å²) < 4.78 is 5.42. The van der Waals surface area contributed by atoms with Crippen LogP contribution in [0.1, 0.15) is 46.5 Å². The second kappa shape index (κ2) is 10.5. The van der Waals surface area contributed by atoms with Crippen molar-refractivity contribution in [1.82, 2.24) is 5.32 Å². The van der Waals surface area contributed by atoms with Crippen molar-refractivity contribution in [1.29, 1.82) is 0 Å². The lowest BCUT2D eigenvalue weighted by Crippen LogP contribution is -2.32. The fourth-order valence-corrected chi connectivity index (χ4v) is 1.50. The maximum absolute atomic E-state index is 11.4. The molecular formula is C13H28N2O2. The zero-order valence-corrected chi connectivity index (χ0v) is 11.5. The molecule has 4 nitrogen and oxygen atoms in total. The Labute approximate surface area is 105 Å². The van der Waals surface area contributed by atoms with E-state index in [4.69, 9.17) is 10.5 Å². The average Bonchev–Trinajstić information content (AvgIpc) is 2.23. The number of hydrogen-bond acceptors (Lipinski definition) is 3. The lowest BCUT2D eigenvalue weighted by atomic mass is 10.1. The first kappa shape index (κ1) is 16.4. The lowest BCUT2D eigenvalue weighted by Gasteiger charge is -2.11. The van der Waals surface area contributed by atoms with Crippen molar-refractivity contribution in [3.05, 3.63) is 0 Å². The van der Waals surface area contributed by atoms with Crippen molar-refractivity contribution in [2.45, 2.75) is 52.5 Å². The summed E-state index contributed by atoms with van der Waals surface area (Å²) in [7, 11) is 0. The van der Waals surface area contributed by atoms with Crippen LogP contribution in [0, 0.1) is 5.92 Å². The number of hydrogen-bond donors (Lipinski definition) is 2. The van der Waals surface area contributed by atoms with E-state index in [-0.39, 0.29) is 11.9 Å². The summed E-state index contributed by atoms with van der Waals surface area (Å²) in [5.74, 6) is 0.617. The van der Waals surface area contributed by atoms with Gasteiger partial charge in [0.15, 0.2) is 0 Å². The highest BCUT2D eigenvalue weighted by Crippen LogP contribution is 1.98. The largest absolute Gasteiger partial charge is 0.381 e. The predicted octanol–water partition coefficient (Wildman–Crippen LogP) is 1.68. The number of rotatable bonds is 10. The van der Waals surface area contributed by atoms with E-state index in [0.717, 1.165) is 25.9 Å². The maximum atomic E-state index is 11.4. The van der Waals surface area contributed by atoms with Crippen LogP contribution in [0.4, 0.5) is 0 Å². The molecule has 0 aromatic carbocycles. The van der Waals surface area contributed by atoms with Gasteiger partial charge in [-0.2, -0.15) is 0 Å². The second-order valence-electron chi connectivity index (χ2n) is 4.93. The molecule has 1 unspecified atom stereocenters. The molecule has 0 radical (unpaired) electrons. The van der Waals surface area contributed by atoms with Gasteiger partial charge in [0.1, 0.15) is 0 Å². The Kier molecular flexibility index (Phi) is 10.2. The van der Waals surface area contributed by atoms with E-state index in [1.165, 1.54) is 0 Å². The zero-order valence-electron chi connectivity index (χ0n) is 11.5. The van der Waals surface area contributed by atoms with Crippen molar-refractivity contribution in [3.63, 3.8) is 0 Å². The summed E-state index contributed by atoms with van der Waals surface area (Å²) in [6.07, 6.45) is 3.23. The van der Waals surface area contributed by atoms with Crippen LogP contribution in [0.25, 0.3) is 0 Å². The number of carbonyl (C=O) groups excluding carboxylic acids is 1. The maximum Gasteiger partial charge on any atom is 0.221 e. The predicted molar refractivity (Wildman–Crippen MR) is 70.8 cm³/mol. The van der Waals surface area contributed by atoms with Crippen LogP contribution in [0.15, 0.2) is 0 Å². The normalized spacial score (nSPS) is 12.8. The van der Waals surface area contributed by atoms with E-state index in [1.807, 2.05) is 0 Å². The third kappa shape index (κ3) is 11.6. The first-order valence-electron chi connectivity index (χ1n) is 6.66. The van der Waals surface area contributed by atoms with E-state index >= 15 is 0 Å². The molecule has 0 saturated carbocycles. The van der Waals surface area contributed by atoms with Gasteiger partial charge in [-0.3, -0.25) is 4.79 Å². The van der Waals surface area contributed by atoms with Gasteiger partial charge in [0.25, 0.3) is 0 Å². The smallest absolute Gasteiger partial charge is 0.221 e. The summed E-state index contributed by atoms with van der Waals surface area (Å²) in [6.45, 7) is 8.49. The average molecular weight is 244 g/mol. The van der Waals surface area contributed by atoms with Crippen LogP contribution in [-0.2, 0) is 9.53 Å². The third-order valence-electron chi connectivity index (χ3n) is 2.35. The lowest BCUT2D eigenvalue weighted by molar-refractivity contribution is -0.121. The van der Waals surface area contributed by atoms with Crippen LogP contribution in [0.5, 0.6) is 0 Å². The van der Waals surface area contributed by atoms with Crippen LogP contribution in [0.2, 0.25) is 0 Å². The third-order valence-corrected chi connectivity index (χ3v) is 2.35. The van der Waals surface area contributed by atoms with Crippen LogP contribution < -0.4 is 11.1 Å². The molecule has 0 aliphatic carbocycles. The molecule has 0 aromatic rings. The topological polar surface area (TPSA) is 64.4 Å². The Morgan fingerprint density at radius 2 is 2.12 bits per heavy atom. The minimum Gasteiger partial charge on any atom is -0.381 e. The molecule has 0 aromatic heterocycles. The number of amides is 1. The van der Waals surface area contributed by atoms with Gasteiger partial charge in [-0.15, -0.1) is 0 Å². The van der Waals surface area contributed by atoms with Gasteiger partial charge in [-0.1, -0.05) is 27.2 Å². The highest BCUT2D eigenvalue weighted by Gasteiger charge is 2.07. The van der Waals surface area contributed by atoms with Gasteiger partial charge in [0, 0.05) is 32.2 Å². The Balaban J connectivity index is 3.33. The zero-order chi connectivity index (χ0) is 13.1. The van der Waals surface area contributed by atoms with E-state index < -0.39 is 0 Å². The fraction of sp³-hybridized carbons (Fsp3) is 0.923. The molecule has 0 saturated heterocycles. The van der Waals surface area contributed by atoms with Crippen LogP contribution in [-0.4, -0.2) is 31.7 Å². The molecule has 1 amide bonds. The molecule has 0 aliphatic rings. The molecule has 4 heteroatoms. The molecule has 0 fully saturated rings. The highest BCUT2D eigenvalue weighted by molar-refractivity contribution is 5.76. The fourth-order valence-electron chi connectivity index (χ4n) is 1.50. The quantitative estimate of drug-likeness (QED) is 0.575. The Bertz CT molecular complexity index is 196. The minimum atomic E-state index is -0.00260. The molecule has 0 bridgehead atoms. The van der Waals surface area contributed by atoms with Crippen LogP contribution >= 0.6 is 0 Å². The van der Waals surface area contributed by atoms with E-state index in [1.54, 1.807) is 0 Å². The van der Waals surface area contributed by atoms with E-state index in [2.05, 4.69) is 26.1 Å². The van der Waals surface area contributed by atoms with Gasteiger partial charge in [0.05, 0.1) is 0 Å². The number of ether oxygens (including phenoxy) is 1. The molecule has 0 heterocycles. The summed E-state index contributed by atoms with van der Waals surface area (Å²) >= 11 is 0. The number of carbonyl (C=O) groups is 1. The molecular weight excluding hydrogens is 216 g/mol. The summed E-state index contributed by atoms with van der Waals surface area (Å²) in [5, 5.41) is 2.86. The monoisotopic (exact) mass is 244 g/mol. The summed E-state index contributed by atoms with van der Waals surface area (Å²) in [4.78, 5) is 11.4. The molecule has 1 atom stereocenters. The van der Waals surface area contributed by atoms with Gasteiger partial charge < -0.3 is 15.8 Å². The Hall–Kier alpha value is -0.610. The van der Waals surface area contributed by atoms with Gasteiger partial charge in [-0.25, -0.2) is 0 Å². The molecule has 102 valence electrons. The molecule has 3 N–H and O–H groups in total. The SMILES string of the molecule is CCCC(N)CC(=O)NCCCOCC(C)C. The number of nitrogens with one attached hydrogen (secondary N) is 1. The van der Waals surface area contributed by atoms with Crippen molar-refractivity contribution in [3.8, 4) is 0 Å². The molecule has 0 rings (SSSR count). The molecule has 0 aliphatic heterocycles. The first-order valence-corrected chi connectivity index (χ1v) is 6.66. The Morgan fingerprint density at radius 3 is 2.71 bits per heavy atom. The summed E-state index contributed by atoms with van der Waals surface area (Å²) in [5.41, 5.74) is 5.78. The number of nitrogens with two attached hydrogens (primary N) is 1. The standard InChI is InChI=1S/C13H28N2O2/c1-4-6-12(14)9-13(16)15-7-5-8-17-10-11(2)3/h11-12H,4-10,14H2,1-3H3,(H,15,16). The van der Waals surface area contributed by atoms with Crippen molar-refractivity contribution >= 4 is 5.91 Å². The second-order valence-corrected chi connectivity index (χ2v) is 4.93. The molecule has 0 spiro atoms.